The Kier molecular flexibility index (Phi) is 2.42. The number of hydrogen-bond acceptors (Lipinski definition) is 3. The molecule has 1 aliphatic rings. The lowest BCUT2D eigenvalue weighted by molar-refractivity contribution is 0.0592. The molecule has 2 rings (SSSR count). The van der Waals surface area contributed by atoms with E-state index in [1.165, 1.54) is 7.11 Å². The molecule has 0 bridgehead atoms. The lowest BCUT2D eigenvalue weighted by atomic mass is 10.1. The Bertz CT molecular complexity index is 374. The number of esters is 1. The van der Waals surface area contributed by atoms with E-state index in [-0.39, 0.29) is 0 Å². The van der Waals surface area contributed by atoms with Crippen LogP contribution in [0.4, 0.5) is 0 Å². The summed E-state index contributed by atoms with van der Waals surface area (Å²) in [6, 6.07) is 3.57. The molecule has 0 amide bonds. The van der Waals surface area contributed by atoms with Crippen molar-refractivity contribution in [2.75, 3.05) is 7.11 Å². The minimum absolute atomic E-state index is 0.329. The standard InChI is InChI=1S/C10H10ClNO2/c1-14-10(13)9-7(6-2-3-6)4-5-8(11)12-9/h4-6H,2-3H2,1H3. The highest BCUT2D eigenvalue weighted by molar-refractivity contribution is 6.29. The van der Waals surface area contributed by atoms with Gasteiger partial charge in [0.25, 0.3) is 0 Å². The second-order valence-electron chi connectivity index (χ2n) is 3.34. The van der Waals surface area contributed by atoms with Gasteiger partial charge in [-0.05, 0) is 30.4 Å². The summed E-state index contributed by atoms with van der Waals surface area (Å²) in [4.78, 5) is 15.4. The highest BCUT2D eigenvalue weighted by atomic mass is 35.5. The number of aromatic nitrogens is 1. The first-order valence-electron chi connectivity index (χ1n) is 4.47. The molecule has 74 valence electrons. The Balaban J connectivity index is 2.42. The van der Waals surface area contributed by atoms with Crippen LogP contribution in [-0.4, -0.2) is 18.1 Å². The molecule has 3 nitrogen and oxygen atoms in total. The number of hydrogen-bond donors (Lipinski definition) is 0. The van der Waals surface area contributed by atoms with Crippen molar-refractivity contribution >= 4 is 17.6 Å². The molecular weight excluding hydrogens is 202 g/mol. The van der Waals surface area contributed by atoms with Crippen LogP contribution in [0.5, 0.6) is 0 Å². The molecule has 0 aliphatic heterocycles. The minimum atomic E-state index is -0.408. The summed E-state index contributed by atoms with van der Waals surface area (Å²) in [5, 5.41) is 0.329. The third-order valence-corrected chi connectivity index (χ3v) is 2.50. The fourth-order valence-corrected chi connectivity index (χ4v) is 1.58. The van der Waals surface area contributed by atoms with Crippen molar-refractivity contribution in [2.24, 2.45) is 0 Å². The van der Waals surface area contributed by atoms with Gasteiger partial charge < -0.3 is 4.74 Å². The normalized spacial score (nSPS) is 15.3. The average molecular weight is 212 g/mol. The highest BCUT2D eigenvalue weighted by Gasteiger charge is 2.29. The zero-order valence-corrected chi connectivity index (χ0v) is 8.54. The van der Waals surface area contributed by atoms with E-state index in [1.807, 2.05) is 6.07 Å². The monoisotopic (exact) mass is 211 g/mol. The number of nitrogens with zero attached hydrogens (tertiary/aromatic N) is 1. The molecule has 1 fully saturated rings. The molecule has 0 aromatic carbocycles. The molecule has 0 radical (unpaired) electrons. The van der Waals surface area contributed by atoms with Gasteiger partial charge in [0.05, 0.1) is 7.11 Å². The largest absolute Gasteiger partial charge is 0.464 e. The predicted octanol–water partition coefficient (Wildman–Crippen LogP) is 2.40. The van der Waals surface area contributed by atoms with Crippen molar-refractivity contribution in [3.05, 3.63) is 28.5 Å². The first-order valence-corrected chi connectivity index (χ1v) is 4.85. The van der Waals surface area contributed by atoms with Crippen LogP contribution in [0.1, 0.15) is 34.8 Å². The molecule has 1 saturated carbocycles. The molecule has 0 saturated heterocycles. The smallest absolute Gasteiger partial charge is 0.357 e. The van der Waals surface area contributed by atoms with Crippen molar-refractivity contribution in [3.8, 4) is 0 Å². The summed E-state index contributed by atoms with van der Waals surface area (Å²) >= 11 is 5.72. The number of methoxy groups -OCH3 is 1. The molecule has 0 unspecified atom stereocenters. The average Bonchev–Trinajstić information content (AvgIpc) is 3.00. The van der Waals surface area contributed by atoms with Gasteiger partial charge in [0.15, 0.2) is 5.69 Å². The summed E-state index contributed by atoms with van der Waals surface area (Å²) in [5.41, 5.74) is 1.32. The number of pyridine rings is 1. The van der Waals surface area contributed by atoms with E-state index in [9.17, 15) is 4.79 Å². The van der Waals surface area contributed by atoms with Gasteiger partial charge in [0.1, 0.15) is 5.15 Å². The van der Waals surface area contributed by atoms with Gasteiger partial charge in [-0.15, -0.1) is 0 Å². The van der Waals surface area contributed by atoms with E-state index in [4.69, 9.17) is 11.6 Å². The minimum Gasteiger partial charge on any atom is -0.464 e. The van der Waals surface area contributed by atoms with Crippen LogP contribution in [-0.2, 0) is 4.74 Å². The lowest BCUT2D eigenvalue weighted by Crippen LogP contribution is -2.08. The molecular formula is C10H10ClNO2. The predicted molar refractivity (Wildman–Crippen MR) is 52.6 cm³/mol. The van der Waals surface area contributed by atoms with Crippen molar-refractivity contribution in [2.45, 2.75) is 18.8 Å². The van der Waals surface area contributed by atoms with Crippen LogP contribution in [0.25, 0.3) is 0 Å². The van der Waals surface area contributed by atoms with E-state index in [1.54, 1.807) is 6.07 Å². The van der Waals surface area contributed by atoms with E-state index in [2.05, 4.69) is 9.72 Å². The van der Waals surface area contributed by atoms with Gasteiger partial charge >= 0.3 is 5.97 Å². The number of rotatable bonds is 2. The van der Waals surface area contributed by atoms with E-state index in [0.29, 0.717) is 16.8 Å². The van der Waals surface area contributed by atoms with Gasteiger partial charge in [-0.1, -0.05) is 17.7 Å². The van der Waals surface area contributed by atoms with Crippen molar-refractivity contribution in [3.63, 3.8) is 0 Å². The maximum absolute atomic E-state index is 11.4. The third-order valence-electron chi connectivity index (χ3n) is 2.29. The SMILES string of the molecule is COC(=O)c1nc(Cl)ccc1C1CC1. The Morgan fingerprint density at radius 3 is 2.86 bits per heavy atom. The van der Waals surface area contributed by atoms with Gasteiger partial charge in [-0.25, -0.2) is 9.78 Å². The highest BCUT2D eigenvalue weighted by Crippen LogP contribution is 2.41. The van der Waals surface area contributed by atoms with E-state index in [0.717, 1.165) is 18.4 Å². The Hall–Kier alpha value is -1.09. The maximum Gasteiger partial charge on any atom is 0.357 e. The molecule has 4 heteroatoms. The zero-order valence-electron chi connectivity index (χ0n) is 7.79. The fourth-order valence-electron chi connectivity index (χ4n) is 1.43. The second-order valence-corrected chi connectivity index (χ2v) is 3.72. The molecule has 14 heavy (non-hydrogen) atoms. The molecule has 1 aromatic heterocycles. The third kappa shape index (κ3) is 1.73. The molecule has 1 aliphatic carbocycles. The second kappa shape index (κ2) is 3.58. The summed E-state index contributed by atoms with van der Waals surface area (Å²) in [6.45, 7) is 0. The maximum atomic E-state index is 11.4. The van der Waals surface area contributed by atoms with Crippen molar-refractivity contribution in [1.29, 1.82) is 0 Å². The van der Waals surface area contributed by atoms with Crippen molar-refractivity contribution < 1.29 is 9.53 Å². The Labute approximate surface area is 87.0 Å². The number of carbonyl (C=O) groups is 1. The van der Waals surface area contributed by atoms with Crippen LogP contribution < -0.4 is 0 Å². The molecule has 0 atom stereocenters. The first kappa shape index (κ1) is 9.46. The number of carbonyl (C=O) groups excluding carboxylic acids is 1. The van der Waals surface area contributed by atoms with Crippen LogP contribution in [0.2, 0.25) is 5.15 Å². The van der Waals surface area contributed by atoms with Crippen LogP contribution in [0, 0.1) is 0 Å². The van der Waals surface area contributed by atoms with Gasteiger partial charge in [0, 0.05) is 0 Å². The number of halogens is 1. The summed E-state index contributed by atoms with van der Waals surface area (Å²) in [6.07, 6.45) is 2.24. The number of ether oxygens (including phenoxy) is 1. The topological polar surface area (TPSA) is 39.2 Å². The summed E-state index contributed by atoms with van der Waals surface area (Å²) in [5.74, 6) is 0.0586. The van der Waals surface area contributed by atoms with E-state index < -0.39 is 5.97 Å². The lowest BCUT2D eigenvalue weighted by Gasteiger charge is -2.05. The fraction of sp³-hybridized carbons (Fsp3) is 0.400. The van der Waals surface area contributed by atoms with Gasteiger partial charge in [-0.2, -0.15) is 0 Å². The zero-order chi connectivity index (χ0) is 10.1. The van der Waals surface area contributed by atoms with Gasteiger partial charge in [-0.3, -0.25) is 0 Å². The first-order chi connectivity index (χ1) is 6.72. The van der Waals surface area contributed by atoms with E-state index >= 15 is 0 Å². The Morgan fingerprint density at radius 2 is 2.29 bits per heavy atom. The molecule has 1 aromatic rings. The molecule has 0 N–H and O–H groups in total. The molecule has 1 heterocycles. The van der Waals surface area contributed by atoms with Crippen molar-refractivity contribution in [1.82, 2.24) is 4.98 Å². The summed E-state index contributed by atoms with van der Waals surface area (Å²) < 4.78 is 4.65. The Morgan fingerprint density at radius 1 is 1.57 bits per heavy atom. The van der Waals surface area contributed by atoms with Crippen LogP contribution in [0.3, 0.4) is 0 Å². The van der Waals surface area contributed by atoms with Crippen LogP contribution in [0.15, 0.2) is 12.1 Å². The van der Waals surface area contributed by atoms with Gasteiger partial charge in [0.2, 0.25) is 0 Å². The quantitative estimate of drug-likeness (QED) is 0.557. The molecule has 0 spiro atoms. The van der Waals surface area contributed by atoms with Crippen LogP contribution >= 0.6 is 11.6 Å². The summed E-state index contributed by atoms with van der Waals surface area (Å²) in [7, 11) is 1.35.